The van der Waals surface area contributed by atoms with E-state index in [1.54, 1.807) is 0 Å². The number of nitrogen functional groups attached to an aromatic ring is 1. The number of benzene rings is 1. The molecule has 25 heavy (non-hydrogen) atoms. The predicted molar refractivity (Wildman–Crippen MR) is 100 cm³/mol. The third kappa shape index (κ3) is 4.99. The van der Waals surface area contributed by atoms with Crippen molar-refractivity contribution >= 4 is 22.4 Å². The number of nitrogens with two attached hydrogens (primary N) is 1. The molecule has 1 fully saturated rings. The van der Waals surface area contributed by atoms with Gasteiger partial charge in [-0.3, -0.25) is 4.79 Å². The zero-order valence-electron chi connectivity index (χ0n) is 14.5. The van der Waals surface area contributed by atoms with Crippen molar-refractivity contribution in [1.29, 1.82) is 0 Å². The Bertz CT molecular complexity index is 682. The first kappa shape index (κ1) is 17.8. The molecule has 0 radical (unpaired) electrons. The monoisotopic (exact) mass is 359 g/mol. The molecule has 0 bridgehead atoms. The molecule has 3 rings (SSSR count). The van der Waals surface area contributed by atoms with Gasteiger partial charge in [0.05, 0.1) is 0 Å². The standard InChI is InChI=1S/C18H25N5OS/c1-23-11-9-13(10-12-23)7-8-15(24)20-16(14-5-3-2-4-6-14)17-21-22-18(19)25-17/h2-6,13,16H,7-12H2,1H3,(H2,19,22)(H,20,24)/t16-/m1/s1. The molecule has 2 heterocycles. The molecule has 3 N–H and O–H groups in total. The third-order valence-corrected chi connectivity index (χ3v) is 5.58. The van der Waals surface area contributed by atoms with Crippen LogP contribution < -0.4 is 11.1 Å². The van der Waals surface area contributed by atoms with Gasteiger partial charge in [0.2, 0.25) is 11.0 Å². The third-order valence-electron chi connectivity index (χ3n) is 4.76. The van der Waals surface area contributed by atoms with E-state index in [0.29, 0.717) is 17.5 Å². The van der Waals surface area contributed by atoms with Crippen LogP contribution in [-0.4, -0.2) is 41.1 Å². The van der Waals surface area contributed by atoms with Crippen LogP contribution in [0.15, 0.2) is 30.3 Å². The molecule has 1 aliphatic heterocycles. The van der Waals surface area contributed by atoms with E-state index >= 15 is 0 Å². The largest absolute Gasteiger partial charge is 0.374 e. The molecule has 1 amide bonds. The van der Waals surface area contributed by atoms with Gasteiger partial charge in [0, 0.05) is 6.42 Å². The maximum absolute atomic E-state index is 12.5. The van der Waals surface area contributed by atoms with Gasteiger partial charge in [-0.15, -0.1) is 10.2 Å². The Balaban J connectivity index is 1.61. The second-order valence-corrected chi connectivity index (χ2v) is 7.72. The number of hydrogen-bond donors (Lipinski definition) is 2. The van der Waals surface area contributed by atoms with E-state index in [1.165, 1.54) is 24.2 Å². The van der Waals surface area contributed by atoms with Crippen LogP contribution in [0.4, 0.5) is 5.13 Å². The van der Waals surface area contributed by atoms with Crippen molar-refractivity contribution in [2.24, 2.45) is 5.92 Å². The lowest BCUT2D eigenvalue weighted by Gasteiger charge is -2.28. The Labute approximate surface area is 152 Å². The number of nitrogens with zero attached hydrogens (tertiary/aromatic N) is 3. The molecule has 1 atom stereocenters. The fourth-order valence-corrected chi connectivity index (χ4v) is 3.91. The number of rotatable bonds is 6. The van der Waals surface area contributed by atoms with Crippen molar-refractivity contribution in [3.05, 3.63) is 40.9 Å². The van der Waals surface area contributed by atoms with Gasteiger partial charge in [-0.1, -0.05) is 41.7 Å². The van der Waals surface area contributed by atoms with Crippen LogP contribution in [0.25, 0.3) is 0 Å². The average molecular weight is 359 g/mol. The molecular formula is C18H25N5OS. The molecule has 0 saturated carbocycles. The van der Waals surface area contributed by atoms with Crippen molar-refractivity contribution in [1.82, 2.24) is 20.4 Å². The Hall–Kier alpha value is -1.99. The molecule has 1 aromatic carbocycles. The fraction of sp³-hybridized carbons (Fsp3) is 0.500. The highest BCUT2D eigenvalue weighted by atomic mass is 32.1. The second-order valence-electron chi connectivity index (χ2n) is 6.68. The first-order chi connectivity index (χ1) is 12.1. The Morgan fingerprint density at radius 2 is 2.04 bits per heavy atom. The van der Waals surface area contributed by atoms with Gasteiger partial charge in [0.25, 0.3) is 0 Å². The number of likely N-dealkylation sites (tertiary alicyclic amines) is 1. The van der Waals surface area contributed by atoms with Crippen LogP contribution in [0.2, 0.25) is 0 Å². The summed E-state index contributed by atoms with van der Waals surface area (Å²) in [5.41, 5.74) is 6.71. The SMILES string of the molecule is CN1CCC(CCC(=O)N[C@H](c2ccccc2)c2nnc(N)s2)CC1. The fourth-order valence-electron chi connectivity index (χ4n) is 3.22. The quantitative estimate of drug-likeness (QED) is 0.828. The highest BCUT2D eigenvalue weighted by molar-refractivity contribution is 7.15. The summed E-state index contributed by atoms with van der Waals surface area (Å²) in [5, 5.41) is 12.3. The average Bonchev–Trinajstić information content (AvgIpc) is 3.06. The molecule has 134 valence electrons. The first-order valence-electron chi connectivity index (χ1n) is 8.73. The summed E-state index contributed by atoms with van der Waals surface area (Å²) in [4.78, 5) is 14.9. The smallest absolute Gasteiger partial charge is 0.220 e. The van der Waals surface area contributed by atoms with Crippen LogP contribution in [0.1, 0.15) is 42.3 Å². The number of carbonyl (C=O) groups excluding carboxylic acids is 1. The zero-order valence-corrected chi connectivity index (χ0v) is 15.3. The Kier molecular flexibility index (Phi) is 5.99. The predicted octanol–water partition coefficient (Wildman–Crippen LogP) is 2.45. The number of amides is 1. The number of nitrogens with one attached hydrogen (secondary N) is 1. The van der Waals surface area contributed by atoms with Gasteiger partial charge in [0.15, 0.2) is 0 Å². The number of hydrogen-bond acceptors (Lipinski definition) is 6. The summed E-state index contributed by atoms with van der Waals surface area (Å²) < 4.78 is 0. The van der Waals surface area contributed by atoms with Crippen molar-refractivity contribution in [3.8, 4) is 0 Å². The van der Waals surface area contributed by atoms with Gasteiger partial charge in [-0.05, 0) is 50.9 Å². The minimum atomic E-state index is -0.291. The number of carbonyl (C=O) groups is 1. The molecule has 7 heteroatoms. The minimum Gasteiger partial charge on any atom is -0.374 e. The van der Waals surface area contributed by atoms with E-state index < -0.39 is 0 Å². The lowest BCUT2D eigenvalue weighted by molar-refractivity contribution is -0.122. The second kappa shape index (κ2) is 8.40. The molecule has 6 nitrogen and oxygen atoms in total. The zero-order chi connectivity index (χ0) is 17.6. The van der Waals surface area contributed by atoms with Crippen molar-refractivity contribution in [2.45, 2.75) is 31.7 Å². The summed E-state index contributed by atoms with van der Waals surface area (Å²) in [7, 11) is 2.15. The molecule has 0 spiro atoms. The molecule has 1 aliphatic rings. The van der Waals surface area contributed by atoms with Crippen molar-refractivity contribution < 1.29 is 4.79 Å². The molecule has 1 aromatic heterocycles. The molecule has 0 aliphatic carbocycles. The van der Waals surface area contributed by atoms with E-state index in [-0.39, 0.29) is 11.9 Å². The van der Waals surface area contributed by atoms with Gasteiger partial charge in [-0.25, -0.2) is 0 Å². The van der Waals surface area contributed by atoms with E-state index in [4.69, 9.17) is 5.73 Å². The van der Waals surface area contributed by atoms with Crippen LogP contribution >= 0.6 is 11.3 Å². The number of anilines is 1. The maximum Gasteiger partial charge on any atom is 0.220 e. The summed E-state index contributed by atoms with van der Waals surface area (Å²) in [6, 6.07) is 9.55. The topological polar surface area (TPSA) is 84.1 Å². The summed E-state index contributed by atoms with van der Waals surface area (Å²) in [5.74, 6) is 0.704. The van der Waals surface area contributed by atoms with E-state index in [2.05, 4.69) is 27.5 Å². The van der Waals surface area contributed by atoms with Crippen molar-refractivity contribution in [2.75, 3.05) is 25.9 Å². The minimum absolute atomic E-state index is 0.0570. The Morgan fingerprint density at radius 3 is 2.68 bits per heavy atom. The van der Waals surface area contributed by atoms with Gasteiger partial charge < -0.3 is 16.0 Å². The summed E-state index contributed by atoms with van der Waals surface area (Å²) in [6.07, 6.45) is 3.85. The molecule has 2 aromatic rings. The summed E-state index contributed by atoms with van der Waals surface area (Å²) >= 11 is 1.31. The van der Waals surface area contributed by atoms with Crippen LogP contribution in [0, 0.1) is 5.92 Å². The lowest BCUT2D eigenvalue weighted by atomic mass is 9.92. The van der Waals surface area contributed by atoms with Gasteiger partial charge in [0.1, 0.15) is 11.0 Å². The van der Waals surface area contributed by atoms with Gasteiger partial charge in [-0.2, -0.15) is 0 Å². The number of aromatic nitrogens is 2. The van der Waals surface area contributed by atoms with Crippen LogP contribution in [0.3, 0.4) is 0 Å². The lowest BCUT2D eigenvalue weighted by Crippen LogP contribution is -2.32. The van der Waals surface area contributed by atoms with Crippen LogP contribution in [-0.2, 0) is 4.79 Å². The normalized spacial score (nSPS) is 17.3. The first-order valence-corrected chi connectivity index (χ1v) is 9.55. The van der Waals surface area contributed by atoms with E-state index in [1.807, 2.05) is 30.3 Å². The van der Waals surface area contributed by atoms with E-state index in [9.17, 15) is 4.79 Å². The van der Waals surface area contributed by atoms with Crippen LogP contribution in [0.5, 0.6) is 0 Å². The Morgan fingerprint density at radius 1 is 1.32 bits per heavy atom. The highest BCUT2D eigenvalue weighted by Crippen LogP contribution is 2.26. The van der Waals surface area contributed by atoms with Gasteiger partial charge >= 0.3 is 0 Å². The molecule has 0 unspecified atom stereocenters. The van der Waals surface area contributed by atoms with Crippen molar-refractivity contribution in [3.63, 3.8) is 0 Å². The highest BCUT2D eigenvalue weighted by Gasteiger charge is 2.22. The molecule has 1 saturated heterocycles. The summed E-state index contributed by atoms with van der Waals surface area (Å²) in [6.45, 7) is 2.26. The van der Waals surface area contributed by atoms with E-state index in [0.717, 1.165) is 30.1 Å². The maximum atomic E-state index is 12.5. The number of piperidine rings is 1. The molecular weight excluding hydrogens is 334 g/mol.